The fraction of sp³-hybridized carbons (Fsp3) is 0.333. The molecule has 0 fully saturated rings. The third kappa shape index (κ3) is 2.50. The normalized spacial score (nSPS) is 14.1. The first-order chi connectivity index (χ1) is 6.47. The molecule has 0 amide bonds. The molecule has 78 valence electrons. The minimum absolute atomic E-state index is 0.298. The molecule has 1 aromatic rings. The van der Waals surface area contributed by atoms with Gasteiger partial charge in [-0.3, -0.25) is 0 Å². The van der Waals surface area contributed by atoms with Crippen LogP contribution in [0.1, 0.15) is 11.6 Å². The maximum Gasteiger partial charge on any atom is 0.289 e. The zero-order valence-electron chi connectivity index (χ0n) is 7.25. The highest BCUT2D eigenvalue weighted by molar-refractivity contribution is 9.10. The van der Waals surface area contributed by atoms with Crippen LogP contribution in [0.5, 0.6) is 0 Å². The summed E-state index contributed by atoms with van der Waals surface area (Å²) in [6.07, 6.45) is 0. The van der Waals surface area contributed by atoms with Gasteiger partial charge in [-0.1, -0.05) is 28.1 Å². The minimum atomic E-state index is -3.28. The van der Waals surface area contributed by atoms with Crippen molar-refractivity contribution in [1.29, 1.82) is 0 Å². The second-order valence-electron chi connectivity index (χ2n) is 2.95. The van der Waals surface area contributed by atoms with Gasteiger partial charge in [0.15, 0.2) is 0 Å². The molecule has 0 bridgehead atoms. The summed E-state index contributed by atoms with van der Waals surface area (Å²) in [5, 5.41) is 8.44. The van der Waals surface area contributed by atoms with Crippen molar-refractivity contribution in [2.75, 3.05) is 6.61 Å². The lowest BCUT2D eigenvalue weighted by Crippen LogP contribution is -2.36. The molecule has 3 N–H and O–H groups in total. The van der Waals surface area contributed by atoms with Crippen molar-refractivity contribution in [1.82, 2.24) is 0 Å². The minimum Gasteiger partial charge on any atom is -0.390 e. The average molecular weight is 266 g/mol. The molecular formula is C9H10BrF2NO. The maximum atomic E-state index is 12.9. The van der Waals surface area contributed by atoms with E-state index < -0.39 is 18.6 Å². The second kappa shape index (κ2) is 4.33. The van der Waals surface area contributed by atoms with Crippen LogP contribution in [0.25, 0.3) is 0 Å². The lowest BCUT2D eigenvalue weighted by Gasteiger charge is -2.21. The van der Waals surface area contributed by atoms with Crippen LogP contribution in [0.15, 0.2) is 28.7 Å². The van der Waals surface area contributed by atoms with Crippen molar-refractivity contribution >= 4 is 15.9 Å². The lowest BCUT2D eigenvalue weighted by molar-refractivity contribution is -0.0711. The molecule has 0 aliphatic carbocycles. The molecule has 5 heteroatoms. The van der Waals surface area contributed by atoms with E-state index in [2.05, 4.69) is 15.9 Å². The Morgan fingerprint density at radius 2 is 1.86 bits per heavy atom. The quantitative estimate of drug-likeness (QED) is 0.879. The van der Waals surface area contributed by atoms with Crippen molar-refractivity contribution in [2.24, 2.45) is 5.73 Å². The molecule has 1 aromatic carbocycles. The first kappa shape index (κ1) is 11.6. The fourth-order valence-electron chi connectivity index (χ4n) is 1.01. The van der Waals surface area contributed by atoms with Crippen LogP contribution in [-0.4, -0.2) is 17.6 Å². The molecule has 0 saturated carbocycles. The molecule has 0 unspecified atom stereocenters. The molecule has 0 radical (unpaired) electrons. The van der Waals surface area contributed by atoms with Crippen molar-refractivity contribution in [3.63, 3.8) is 0 Å². The van der Waals surface area contributed by atoms with Crippen LogP contribution >= 0.6 is 15.9 Å². The summed E-state index contributed by atoms with van der Waals surface area (Å²) < 4.78 is 26.7. The molecular weight excluding hydrogens is 256 g/mol. The molecule has 2 nitrogen and oxygen atoms in total. The van der Waals surface area contributed by atoms with Crippen LogP contribution in [0.4, 0.5) is 8.78 Å². The number of hydrogen-bond acceptors (Lipinski definition) is 2. The van der Waals surface area contributed by atoms with E-state index in [1.54, 1.807) is 12.1 Å². The zero-order valence-corrected chi connectivity index (χ0v) is 8.84. The van der Waals surface area contributed by atoms with Crippen molar-refractivity contribution in [2.45, 2.75) is 12.0 Å². The standard InChI is InChI=1S/C9H10BrF2NO/c10-7-3-1-6(2-4-7)8(13)9(11,12)5-14/h1-4,8,14H,5,13H2/t8-/m1/s1. The van der Waals surface area contributed by atoms with Crippen molar-refractivity contribution in [3.8, 4) is 0 Å². The highest BCUT2D eigenvalue weighted by atomic mass is 79.9. The van der Waals surface area contributed by atoms with Gasteiger partial charge in [0.2, 0.25) is 0 Å². The van der Waals surface area contributed by atoms with E-state index in [1.165, 1.54) is 12.1 Å². The lowest BCUT2D eigenvalue weighted by atomic mass is 10.0. The van der Waals surface area contributed by atoms with Crippen LogP contribution in [-0.2, 0) is 0 Å². The van der Waals surface area contributed by atoms with Gasteiger partial charge in [-0.15, -0.1) is 0 Å². The molecule has 1 atom stereocenters. The molecule has 0 aromatic heterocycles. The first-order valence-corrected chi connectivity index (χ1v) is 4.76. The highest BCUT2D eigenvalue weighted by Crippen LogP contribution is 2.29. The van der Waals surface area contributed by atoms with E-state index in [9.17, 15) is 8.78 Å². The number of halogens is 3. The summed E-state index contributed by atoms with van der Waals surface area (Å²) in [4.78, 5) is 0. The summed E-state index contributed by atoms with van der Waals surface area (Å²) in [6, 6.07) is 4.78. The predicted octanol–water partition coefficient (Wildman–Crippen LogP) is 2.08. The topological polar surface area (TPSA) is 46.2 Å². The van der Waals surface area contributed by atoms with Gasteiger partial charge in [0.05, 0.1) is 6.04 Å². The smallest absolute Gasteiger partial charge is 0.289 e. The molecule has 0 heterocycles. The van der Waals surface area contributed by atoms with E-state index in [1.807, 2.05) is 0 Å². The largest absolute Gasteiger partial charge is 0.390 e. The van der Waals surface area contributed by atoms with Crippen LogP contribution in [0.3, 0.4) is 0 Å². The zero-order chi connectivity index (χ0) is 10.8. The Morgan fingerprint density at radius 3 is 2.29 bits per heavy atom. The van der Waals surface area contributed by atoms with E-state index in [0.717, 1.165) is 4.47 Å². The van der Waals surface area contributed by atoms with Gasteiger partial charge in [0, 0.05) is 4.47 Å². The Labute approximate surface area is 88.9 Å². The van der Waals surface area contributed by atoms with Gasteiger partial charge >= 0.3 is 0 Å². The number of nitrogens with two attached hydrogens (primary N) is 1. The Bertz CT molecular complexity index is 302. The van der Waals surface area contributed by atoms with Gasteiger partial charge in [-0.2, -0.15) is 0 Å². The molecule has 0 saturated heterocycles. The molecule has 14 heavy (non-hydrogen) atoms. The highest BCUT2D eigenvalue weighted by Gasteiger charge is 2.37. The van der Waals surface area contributed by atoms with Gasteiger partial charge < -0.3 is 10.8 Å². The van der Waals surface area contributed by atoms with Gasteiger partial charge in [-0.05, 0) is 17.7 Å². The van der Waals surface area contributed by atoms with Crippen LogP contribution in [0, 0.1) is 0 Å². The maximum absolute atomic E-state index is 12.9. The van der Waals surface area contributed by atoms with Gasteiger partial charge in [0.1, 0.15) is 6.61 Å². The summed E-state index contributed by atoms with van der Waals surface area (Å²) in [5.41, 5.74) is 5.61. The van der Waals surface area contributed by atoms with Gasteiger partial charge in [0.25, 0.3) is 5.92 Å². The number of hydrogen-bond donors (Lipinski definition) is 2. The van der Waals surface area contributed by atoms with E-state index >= 15 is 0 Å². The Kier molecular flexibility index (Phi) is 3.58. The predicted molar refractivity (Wildman–Crippen MR) is 53.1 cm³/mol. The van der Waals surface area contributed by atoms with E-state index in [0.29, 0.717) is 5.56 Å². The van der Waals surface area contributed by atoms with Gasteiger partial charge in [-0.25, -0.2) is 8.78 Å². The summed E-state index contributed by atoms with van der Waals surface area (Å²) >= 11 is 3.18. The molecule has 0 spiro atoms. The van der Waals surface area contributed by atoms with Crippen LogP contribution in [0.2, 0.25) is 0 Å². The molecule has 0 aliphatic rings. The molecule has 1 rings (SSSR count). The number of benzene rings is 1. The summed E-state index contributed by atoms with van der Waals surface area (Å²) in [5.74, 6) is -3.28. The second-order valence-corrected chi connectivity index (χ2v) is 3.86. The molecule has 0 aliphatic heterocycles. The first-order valence-electron chi connectivity index (χ1n) is 3.97. The van der Waals surface area contributed by atoms with E-state index in [4.69, 9.17) is 10.8 Å². The Morgan fingerprint density at radius 1 is 1.36 bits per heavy atom. The summed E-state index contributed by atoms with van der Waals surface area (Å²) in [7, 11) is 0. The number of alkyl halides is 2. The van der Waals surface area contributed by atoms with Crippen molar-refractivity contribution < 1.29 is 13.9 Å². The number of rotatable bonds is 3. The Balaban J connectivity index is 2.89. The third-order valence-electron chi connectivity index (χ3n) is 1.89. The fourth-order valence-corrected chi connectivity index (χ4v) is 1.28. The SMILES string of the molecule is N[C@H](c1ccc(Br)cc1)C(F)(F)CO. The number of aliphatic hydroxyl groups excluding tert-OH is 1. The Hall–Kier alpha value is -0.520. The van der Waals surface area contributed by atoms with Crippen LogP contribution < -0.4 is 5.73 Å². The van der Waals surface area contributed by atoms with Crippen molar-refractivity contribution in [3.05, 3.63) is 34.3 Å². The average Bonchev–Trinajstić information content (AvgIpc) is 2.18. The third-order valence-corrected chi connectivity index (χ3v) is 2.42. The monoisotopic (exact) mass is 265 g/mol. The van der Waals surface area contributed by atoms with E-state index in [-0.39, 0.29) is 0 Å². The number of aliphatic hydroxyl groups is 1. The summed E-state index contributed by atoms with van der Waals surface area (Å²) in [6.45, 7) is -1.25.